The van der Waals surface area contributed by atoms with Gasteiger partial charge in [0.1, 0.15) is 5.92 Å². The maximum atomic E-state index is 12.8. The van der Waals surface area contributed by atoms with Crippen molar-refractivity contribution in [1.29, 1.82) is 0 Å². The number of benzene rings is 2. The molecule has 0 unspecified atom stereocenters. The first-order valence-corrected chi connectivity index (χ1v) is 7.80. The summed E-state index contributed by atoms with van der Waals surface area (Å²) >= 11 is 0. The average Bonchev–Trinajstić information content (AvgIpc) is 2.94. The van der Waals surface area contributed by atoms with E-state index in [1.54, 1.807) is 11.8 Å². The predicted molar refractivity (Wildman–Crippen MR) is 88.1 cm³/mol. The second kappa shape index (κ2) is 6.65. The predicted octanol–water partition coefficient (Wildman–Crippen LogP) is 3.00. The van der Waals surface area contributed by atoms with Gasteiger partial charge in [0, 0.05) is 18.2 Å². The van der Waals surface area contributed by atoms with E-state index in [2.05, 4.69) is 0 Å². The maximum absolute atomic E-state index is 12.8. The molecule has 0 spiro atoms. The first-order chi connectivity index (χ1) is 11.2. The zero-order chi connectivity index (χ0) is 16.2. The number of carbonyl (C=O) groups is 2. The Morgan fingerprint density at radius 1 is 1.09 bits per heavy atom. The second-order valence-corrected chi connectivity index (χ2v) is 5.53. The van der Waals surface area contributed by atoms with Crippen LogP contribution in [0, 0.1) is 5.92 Å². The van der Waals surface area contributed by atoms with Gasteiger partial charge in [-0.2, -0.15) is 0 Å². The molecule has 2 atom stereocenters. The lowest BCUT2D eigenvalue weighted by Crippen LogP contribution is -2.31. The molecule has 2 aromatic rings. The molecule has 1 saturated heterocycles. The van der Waals surface area contributed by atoms with E-state index in [9.17, 15) is 9.59 Å². The van der Waals surface area contributed by atoms with Crippen molar-refractivity contribution in [3.63, 3.8) is 0 Å². The first kappa shape index (κ1) is 15.3. The second-order valence-electron chi connectivity index (χ2n) is 5.53. The Labute approximate surface area is 135 Å². The van der Waals surface area contributed by atoms with Gasteiger partial charge in [0.15, 0.2) is 0 Å². The summed E-state index contributed by atoms with van der Waals surface area (Å²) in [6, 6.07) is 19.1. The zero-order valence-electron chi connectivity index (χ0n) is 13.0. The molecule has 3 rings (SSSR count). The van der Waals surface area contributed by atoms with Gasteiger partial charge in [0.05, 0.1) is 6.61 Å². The van der Waals surface area contributed by atoms with Gasteiger partial charge in [0.25, 0.3) is 0 Å². The van der Waals surface area contributed by atoms with Gasteiger partial charge in [-0.15, -0.1) is 0 Å². The molecule has 0 N–H and O–H groups in total. The maximum Gasteiger partial charge on any atom is 0.319 e. The van der Waals surface area contributed by atoms with Crippen molar-refractivity contribution in [1.82, 2.24) is 0 Å². The smallest absolute Gasteiger partial charge is 0.319 e. The largest absolute Gasteiger partial charge is 0.465 e. The summed E-state index contributed by atoms with van der Waals surface area (Å²) in [5.74, 6) is -1.60. The van der Waals surface area contributed by atoms with Crippen LogP contribution in [0.25, 0.3) is 0 Å². The lowest BCUT2D eigenvalue weighted by atomic mass is 9.89. The van der Waals surface area contributed by atoms with Crippen LogP contribution in [0.4, 0.5) is 5.69 Å². The minimum Gasteiger partial charge on any atom is -0.465 e. The van der Waals surface area contributed by atoms with E-state index in [4.69, 9.17) is 4.74 Å². The van der Waals surface area contributed by atoms with Gasteiger partial charge in [-0.1, -0.05) is 48.5 Å². The summed E-state index contributed by atoms with van der Waals surface area (Å²) in [6.45, 7) is 2.51. The number of para-hydroxylation sites is 1. The molecule has 1 amide bonds. The first-order valence-electron chi connectivity index (χ1n) is 7.80. The molecule has 1 heterocycles. The Kier molecular flexibility index (Phi) is 4.42. The van der Waals surface area contributed by atoms with E-state index in [1.165, 1.54) is 0 Å². The third-order valence-electron chi connectivity index (χ3n) is 4.15. The number of anilines is 1. The molecule has 0 saturated carbocycles. The van der Waals surface area contributed by atoms with Crippen molar-refractivity contribution < 1.29 is 14.3 Å². The van der Waals surface area contributed by atoms with Crippen molar-refractivity contribution in [2.45, 2.75) is 12.8 Å². The van der Waals surface area contributed by atoms with E-state index in [0.717, 1.165) is 11.3 Å². The summed E-state index contributed by atoms with van der Waals surface area (Å²) < 4.78 is 5.15. The highest BCUT2D eigenvalue weighted by Gasteiger charge is 2.46. The van der Waals surface area contributed by atoms with Crippen LogP contribution in [0.1, 0.15) is 18.4 Å². The van der Waals surface area contributed by atoms with Gasteiger partial charge in [-0.3, -0.25) is 9.59 Å². The molecular weight excluding hydrogens is 290 g/mol. The number of hydrogen-bond donors (Lipinski definition) is 0. The summed E-state index contributed by atoms with van der Waals surface area (Å²) in [6.07, 6.45) is 0. The highest BCUT2D eigenvalue weighted by atomic mass is 16.5. The van der Waals surface area contributed by atoms with Gasteiger partial charge < -0.3 is 9.64 Å². The van der Waals surface area contributed by atoms with Crippen LogP contribution in [0.2, 0.25) is 0 Å². The fourth-order valence-electron chi connectivity index (χ4n) is 3.07. The normalized spacial score (nSPS) is 20.6. The number of ether oxygens (including phenoxy) is 1. The Morgan fingerprint density at radius 3 is 2.30 bits per heavy atom. The minimum atomic E-state index is -0.780. The molecule has 1 fully saturated rings. The minimum absolute atomic E-state index is 0.191. The standard InChI is InChI=1S/C19H19NO3/c1-2-23-19(22)17-16(14-9-5-3-6-10-14)13-20(18(17)21)15-11-7-4-8-12-15/h3-12,16-17H,2,13H2,1H3/t16-,17-/m1/s1. The van der Waals surface area contributed by atoms with Crippen molar-refractivity contribution in [2.75, 3.05) is 18.1 Å². The van der Waals surface area contributed by atoms with Crippen LogP contribution in [-0.4, -0.2) is 25.0 Å². The number of hydrogen-bond acceptors (Lipinski definition) is 3. The molecule has 4 heteroatoms. The number of amides is 1. The number of nitrogens with zero attached hydrogens (tertiary/aromatic N) is 1. The third kappa shape index (κ3) is 2.97. The number of esters is 1. The van der Waals surface area contributed by atoms with Crippen LogP contribution in [0.3, 0.4) is 0 Å². The molecule has 4 nitrogen and oxygen atoms in total. The molecule has 1 aliphatic rings. The zero-order valence-corrected chi connectivity index (χ0v) is 13.0. The highest BCUT2D eigenvalue weighted by molar-refractivity contribution is 6.09. The van der Waals surface area contributed by atoms with Crippen LogP contribution in [-0.2, 0) is 14.3 Å². The summed E-state index contributed by atoms with van der Waals surface area (Å²) in [4.78, 5) is 26.9. The van der Waals surface area contributed by atoms with Crippen molar-refractivity contribution >= 4 is 17.6 Å². The van der Waals surface area contributed by atoms with Gasteiger partial charge in [0.2, 0.25) is 5.91 Å². The molecule has 0 bridgehead atoms. The van der Waals surface area contributed by atoms with E-state index in [-0.39, 0.29) is 18.4 Å². The molecule has 0 aliphatic carbocycles. The van der Waals surface area contributed by atoms with E-state index in [1.807, 2.05) is 60.7 Å². The molecule has 118 valence electrons. The number of carbonyl (C=O) groups excluding carboxylic acids is 2. The van der Waals surface area contributed by atoms with Crippen molar-refractivity contribution in [2.24, 2.45) is 5.92 Å². The Morgan fingerprint density at radius 2 is 1.70 bits per heavy atom. The lowest BCUT2D eigenvalue weighted by molar-refractivity contribution is -0.150. The molecule has 2 aromatic carbocycles. The van der Waals surface area contributed by atoms with E-state index >= 15 is 0 Å². The van der Waals surface area contributed by atoms with E-state index in [0.29, 0.717) is 6.54 Å². The Hall–Kier alpha value is -2.62. The van der Waals surface area contributed by atoms with Gasteiger partial charge in [-0.05, 0) is 24.6 Å². The third-order valence-corrected chi connectivity index (χ3v) is 4.15. The molecule has 0 radical (unpaired) electrons. The summed E-state index contributed by atoms with van der Waals surface area (Å²) in [5, 5.41) is 0. The van der Waals surface area contributed by atoms with Gasteiger partial charge >= 0.3 is 5.97 Å². The van der Waals surface area contributed by atoms with Crippen LogP contribution in [0.5, 0.6) is 0 Å². The Balaban J connectivity index is 1.96. The van der Waals surface area contributed by atoms with Gasteiger partial charge in [-0.25, -0.2) is 0 Å². The van der Waals surface area contributed by atoms with Crippen LogP contribution < -0.4 is 4.90 Å². The molecule has 0 aromatic heterocycles. The van der Waals surface area contributed by atoms with Crippen molar-refractivity contribution in [3.8, 4) is 0 Å². The molecule has 1 aliphatic heterocycles. The SMILES string of the molecule is CCOC(=O)[C@H]1C(=O)N(c2ccccc2)C[C@@H]1c1ccccc1. The molecular formula is C19H19NO3. The van der Waals surface area contributed by atoms with Crippen molar-refractivity contribution in [3.05, 3.63) is 66.2 Å². The monoisotopic (exact) mass is 309 g/mol. The fourth-order valence-corrected chi connectivity index (χ4v) is 3.07. The quantitative estimate of drug-likeness (QED) is 0.644. The fraction of sp³-hybridized carbons (Fsp3) is 0.263. The topological polar surface area (TPSA) is 46.6 Å². The summed E-state index contributed by atoms with van der Waals surface area (Å²) in [7, 11) is 0. The Bertz CT molecular complexity index is 684. The average molecular weight is 309 g/mol. The highest BCUT2D eigenvalue weighted by Crippen LogP contribution is 2.37. The van der Waals surface area contributed by atoms with Crippen LogP contribution >= 0.6 is 0 Å². The van der Waals surface area contributed by atoms with Crippen LogP contribution in [0.15, 0.2) is 60.7 Å². The summed E-state index contributed by atoms with van der Waals surface area (Å²) in [5.41, 5.74) is 1.79. The van der Waals surface area contributed by atoms with E-state index < -0.39 is 11.9 Å². The lowest BCUT2D eigenvalue weighted by Gasteiger charge is -2.16. The molecule has 23 heavy (non-hydrogen) atoms. The number of rotatable bonds is 4.